The average molecular weight is 469 g/mol. The predicted molar refractivity (Wildman–Crippen MR) is 115 cm³/mol. The third-order valence-corrected chi connectivity index (χ3v) is 9.03. The summed E-state index contributed by atoms with van der Waals surface area (Å²) in [7, 11) is -3.65. The summed E-state index contributed by atoms with van der Waals surface area (Å²) >= 11 is 1.34. The van der Waals surface area contributed by atoms with Gasteiger partial charge in [-0.1, -0.05) is 12.1 Å². The summed E-state index contributed by atoms with van der Waals surface area (Å²) in [6.45, 7) is 5.64. The van der Waals surface area contributed by atoms with Gasteiger partial charge in [0.15, 0.2) is 0 Å². The van der Waals surface area contributed by atoms with Gasteiger partial charge in [-0.15, -0.1) is 11.3 Å². The molecule has 2 aliphatic rings. The van der Waals surface area contributed by atoms with Crippen LogP contribution in [-0.4, -0.2) is 61.1 Å². The number of hydrogen-bond donors (Lipinski definition) is 1. The molecule has 0 aliphatic carbocycles. The molecular formula is C20H28N4O5S2. The molecule has 2 saturated heterocycles. The number of nitrogens with zero attached hydrogens (tertiary/aromatic N) is 3. The maximum Gasteiger partial charge on any atom is 0.244 e. The van der Waals surface area contributed by atoms with E-state index in [9.17, 15) is 13.2 Å². The minimum absolute atomic E-state index is 0.00890. The third kappa shape index (κ3) is 4.84. The zero-order valence-electron chi connectivity index (χ0n) is 17.8. The largest absolute Gasteiger partial charge is 0.376 e. The third-order valence-electron chi connectivity index (χ3n) is 5.83. The molecule has 11 heteroatoms. The molecule has 9 nitrogen and oxygen atoms in total. The molecular weight excluding hydrogens is 440 g/mol. The van der Waals surface area contributed by atoms with E-state index in [1.165, 1.54) is 15.6 Å². The van der Waals surface area contributed by atoms with Gasteiger partial charge in [0.25, 0.3) is 0 Å². The summed E-state index contributed by atoms with van der Waals surface area (Å²) in [6, 6.07) is 1.63. The Balaban J connectivity index is 1.38. The first-order valence-electron chi connectivity index (χ1n) is 10.7. The van der Waals surface area contributed by atoms with Crippen molar-refractivity contribution in [2.45, 2.75) is 57.0 Å². The first-order valence-corrected chi connectivity index (χ1v) is 13.0. The van der Waals surface area contributed by atoms with Crippen molar-refractivity contribution in [3.8, 4) is 10.7 Å². The van der Waals surface area contributed by atoms with Crippen LogP contribution in [0.5, 0.6) is 0 Å². The fourth-order valence-electron chi connectivity index (χ4n) is 3.99. The number of carbonyl (C=O) groups excluding carboxylic acids is 1. The SMILES string of the molecule is CCc1nc(-c2cc(S(=O)(=O)N3CCC(C(=O)NCC4CCCO4)CC3)c(C)s2)no1. The number of aryl methyl sites for hydroxylation is 2. The summed E-state index contributed by atoms with van der Waals surface area (Å²) in [6.07, 6.45) is 3.76. The van der Waals surface area contributed by atoms with Crippen molar-refractivity contribution < 1.29 is 22.5 Å². The van der Waals surface area contributed by atoms with Crippen molar-refractivity contribution in [1.29, 1.82) is 0 Å². The molecule has 2 aliphatic heterocycles. The van der Waals surface area contributed by atoms with Gasteiger partial charge >= 0.3 is 0 Å². The molecule has 0 aromatic carbocycles. The lowest BCUT2D eigenvalue weighted by Gasteiger charge is -2.30. The van der Waals surface area contributed by atoms with Gasteiger partial charge in [0.05, 0.1) is 15.9 Å². The molecule has 1 atom stereocenters. The van der Waals surface area contributed by atoms with E-state index < -0.39 is 10.0 Å². The first kappa shape index (κ1) is 22.4. The summed E-state index contributed by atoms with van der Waals surface area (Å²) in [5.41, 5.74) is 0. The van der Waals surface area contributed by atoms with Crippen LogP contribution >= 0.6 is 11.3 Å². The molecule has 0 saturated carbocycles. The van der Waals surface area contributed by atoms with Gasteiger partial charge in [0.2, 0.25) is 27.6 Å². The molecule has 0 bridgehead atoms. The Morgan fingerprint density at radius 3 is 2.74 bits per heavy atom. The Bertz CT molecular complexity index is 1020. The molecule has 4 heterocycles. The Kier molecular flexibility index (Phi) is 6.75. The van der Waals surface area contributed by atoms with Gasteiger partial charge in [0, 0.05) is 43.5 Å². The fourth-order valence-corrected chi connectivity index (χ4v) is 6.95. The quantitative estimate of drug-likeness (QED) is 0.663. The summed E-state index contributed by atoms with van der Waals surface area (Å²) < 4.78 is 38.6. The summed E-state index contributed by atoms with van der Waals surface area (Å²) in [4.78, 5) is 18.4. The minimum atomic E-state index is -3.65. The van der Waals surface area contributed by atoms with Gasteiger partial charge in [-0.25, -0.2) is 8.42 Å². The number of aromatic nitrogens is 2. The van der Waals surface area contributed by atoms with Gasteiger partial charge in [0.1, 0.15) is 0 Å². The molecule has 1 unspecified atom stereocenters. The Morgan fingerprint density at radius 1 is 1.32 bits per heavy atom. The summed E-state index contributed by atoms with van der Waals surface area (Å²) in [5.74, 6) is 0.752. The van der Waals surface area contributed by atoms with E-state index in [1.54, 1.807) is 13.0 Å². The van der Waals surface area contributed by atoms with E-state index >= 15 is 0 Å². The van der Waals surface area contributed by atoms with Crippen LogP contribution in [0.25, 0.3) is 10.7 Å². The lowest BCUT2D eigenvalue weighted by Crippen LogP contribution is -2.44. The Labute approximate surface area is 186 Å². The minimum Gasteiger partial charge on any atom is -0.376 e. The van der Waals surface area contributed by atoms with E-state index in [1.807, 2.05) is 6.92 Å². The number of hydrogen-bond acceptors (Lipinski definition) is 8. The molecule has 31 heavy (non-hydrogen) atoms. The first-order chi connectivity index (χ1) is 14.9. The van der Waals surface area contributed by atoms with E-state index in [2.05, 4.69) is 15.5 Å². The number of carbonyl (C=O) groups is 1. The van der Waals surface area contributed by atoms with Crippen LogP contribution in [0.3, 0.4) is 0 Å². The molecule has 0 radical (unpaired) electrons. The highest BCUT2D eigenvalue weighted by Crippen LogP contribution is 2.35. The van der Waals surface area contributed by atoms with E-state index in [-0.39, 0.29) is 22.8 Å². The number of nitrogens with one attached hydrogen (secondary N) is 1. The molecule has 4 rings (SSSR count). The van der Waals surface area contributed by atoms with Crippen molar-refractivity contribution in [3.63, 3.8) is 0 Å². The topological polar surface area (TPSA) is 115 Å². The fraction of sp³-hybridized carbons (Fsp3) is 0.650. The maximum absolute atomic E-state index is 13.2. The van der Waals surface area contributed by atoms with Crippen molar-refractivity contribution in [3.05, 3.63) is 16.8 Å². The van der Waals surface area contributed by atoms with Crippen LogP contribution in [0.1, 0.15) is 43.4 Å². The van der Waals surface area contributed by atoms with E-state index in [0.717, 1.165) is 19.4 Å². The van der Waals surface area contributed by atoms with Gasteiger partial charge in [-0.2, -0.15) is 9.29 Å². The van der Waals surface area contributed by atoms with Gasteiger partial charge in [-0.3, -0.25) is 4.79 Å². The van der Waals surface area contributed by atoms with Crippen molar-refractivity contribution in [1.82, 2.24) is 19.8 Å². The van der Waals surface area contributed by atoms with Crippen LogP contribution < -0.4 is 5.32 Å². The number of ether oxygens (including phenoxy) is 1. The molecule has 2 aromatic rings. The molecule has 0 spiro atoms. The lowest BCUT2D eigenvalue weighted by molar-refractivity contribution is -0.126. The highest BCUT2D eigenvalue weighted by Gasteiger charge is 2.34. The maximum atomic E-state index is 13.2. The molecule has 1 amide bonds. The molecule has 2 aromatic heterocycles. The lowest BCUT2D eigenvalue weighted by atomic mass is 9.97. The number of thiophene rings is 1. The van der Waals surface area contributed by atoms with Crippen LogP contribution in [0.4, 0.5) is 0 Å². The zero-order valence-corrected chi connectivity index (χ0v) is 19.4. The van der Waals surface area contributed by atoms with E-state index in [4.69, 9.17) is 9.26 Å². The van der Waals surface area contributed by atoms with Gasteiger partial charge < -0.3 is 14.6 Å². The number of sulfonamides is 1. The summed E-state index contributed by atoms with van der Waals surface area (Å²) in [5, 5.41) is 6.91. The second-order valence-corrected chi connectivity index (χ2v) is 11.1. The average Bonchev–Trinajstić information content (AvgIpc) is 3.52. The molecule has 2 fully saturated rings. The van der Waals surface area contributed by atoms with Crippen LogP contribution in [-0.2, 0) is 26.0 Å². The van der Waals surface area contributed by atoms with Crippen molar-refractivity contribution in [2.24, 2.45) is 5.92 Å². The van der Waals surface area contributed by atoms with E-state index in [0.29, 0.717) is 60.4 Å². The Morgan fingerprint density at radius 2 is 2.10 bits per heavy atom. The Hall–Kier alpha value is -1.82. The van der Waals surface area contributed by atoms with Crippen molar-refractivity contribution in [2.75, 3.05) is 26.2 Å². The van der Waals surface area contributed by atoms with Crippen LogP contribution in [0.15, 0.2) is 15.5 Å². The zero-order chi connectivity index (χ0) is 22.0. The number of amides is 1. The molecule has 1 N–H and O–H groups in total. The normalized spacial score (nSPS) is 20.9. The van der Waals surface area contributed by atoms with Crippen LogP contribution in [0.2, 0.25) is 0 Å². The second kappa shape index (κ2) is 9.35. The van der Waals surface area contributed by atoms with Gasteiger partial charge in [-0.05, 0) is 38.7 Å². The number of rotatable bonds is 7. The predicted octanol–water partition coefficient (Wildman–Crippen LogP) is 2.36. The smallest absolute Gasteiger partial charge is 0.244 e. The van der Waals surface area contributed by atoms with Crippen LogP contribution in [0, 0.1) is 12.8 Å². The second-order valence-electron chi connectivity index (χ2n) is 7.95. The number of piperidine rings is 1. The van der Waals surface area contributed by atoms with Crippen molar-refractivity contribution >= 4 is 27.3 Å². The monoisotopic (exact) mass is 468 g/mol. The highest BCUT2D eigenvalue weighted by molar-refractivity contribution is 7.89. The standard InChI is InChI=1S/C20H28N4O5S2/c1-3-18-22-19(23-29-18)16-11-17(13(2)30-16)31(26,27)24-8-6-14(7-9-24)20(25)21-12-15-5-4-10-28-15/h11,14-15H,3-10,12H2,1-2H3,(H,21,25). The molecule has 170 valence electrons. The highest BCUT2D eigenvalue weighted by atomic mass is 32.2.